The maximum atomic E-state index is 5.54. The van der Waals surface area contributed by atoms with E-state index in [4.69, 9.17) is 26.6 Å². The molecule has 0 heterocycles. The van der Waals surface area contributed by atoms with Crippen LogP contribution in [0.15, 0.2) is 24.3 Å². The second-order valence-electron chi connectivity index (χ2n) is 3.88. The van der Waals surface area contributed by atoms with E-state index in [-0.39, 0.29) is 0 Å². The van der Waals surface area contributed by atoms with Crippen LogP contribution in [-0.2, 0) is 26.6 Å². The second kappa shape index (κ2) is 7.43. The summed E-state index contributed by atoms with van der Waals surface area (Å²) in [7, 11) is 3.36. The Morgan fingerprint density at radius 3 is 1.00 bits per heavy atom. The van der Waals surface area contributed by atoms with Gasteiger partial charge in [-0.15, -0.1) is 0 Å². The second-order valence-corrected chi connectivity index (χ2v) is 9.63. The third kappa shape index (κ3) is 2.87. The van der Waals surface area contributed by atoms with Crippen LogP contribution in [0.25, 0.3) is 0 Å². The molecule has 0 radical (unpaired) electrons. The van der Waals surface area contributed by atoms with E-state index in [0.29, 0.717) is 0 Å². The molecule has 6 nitrogen and oxygen atoms in total. The van der Waals surface area contributed by atoms with E-state index in [0.717, 1.165) is 10.4 Å². The van der Waals surface area contributed by atoms with Gasteiger partial charge in [0, 0.05) is 53.0 Å². The standard InChI is InChI=1S/C12H22O6Si2/c1-13-19(14-2,15-3)11-9-7-8-10-12(11)20(16-4,17-5)18-6/h7-10H,1-6H3. The summed E-state index contributed by atoms with van der Waals surface area (Å²) >= 11 is 0. The minimum absolute atomic E-state index is 0.782. The first-order valence-electron chi connectivity index (χ1n) is 6.00. The van der Waals surface area contributed by atoms with Gasteiger partial charge in [-0.05, 0) is 0 Å². The highest BCUT2D eigenvalue weighted by atomic mass is 28.4. The molecule has 0 bridgehead atoms. The van der Waals surface area contributed by atoms with Gasteiger partial charge in [0.25, 0.3) is 0 Å². The van der Waals surface area contributed by atoms with E-state index in [1.165, 1.54) is 0 Å². The van der Waals surface area contributed by atoms with E-state index < -0.39 is 17.6 Å². The van der Waals surface area contributed by atoms with Gasteiger partial charge in [-0.2, -0.15) is 0 Å². The normalized spacial score (nSPS) is 12.7. The molecule has 0 amide bonds. The van der Waals surface area contributed by atoms with Crippen molar-refractivity contribution < 1.29 is 26.6 Å². The lowest BCUT2D eigenvalue weighted by molar-refractivity contribution is 0.135. The molecule has 0 saturated carbocycles. The van der Waals surface area contributed by atoms with E-state index in [1.807, 2.05) is 24.3 Å². The van der Waals surface area contributed by atoms with Crippen LogP contribution >= 0.6 is 0 Å². The van der Waals surface area contributed by atoms with Crippen molar-refractivity contribution in [3.63, 3.8) is 0 Å². The molecule has 0 spiro atoms. The van der Waals surface area contributed by atoms with Crippen LogP contribution in [0.5, 0.6) is 0 Å². The van der Waals surface area contributed by atoms with Crippen molar-refractivity contribution >= 4 is 28.0 Å². The molecule has 1 aromatic carbocycles. The zero-order chi connectivity index (χ0) is 15.2. The molecule has 1 rings (SSSR count). The van der Waals surface area contributed by atoms with Gasteiger partial charge < -0.3 is 26.6 Å². The minimum atomic E-state index is -3.00. The van der Waals surface area contributed by atoms with E-state index in [1.54, 1.807) is 42.7 Å². The summed E-state index contributed by atoms with van der Waals surface area (Å²) in [4.78, 5) is 0. The fraction of sp³-hybridized carbons (Fsp3) is 0.500. The molecular weight excluding hydrogens is 296 g/mol. The lowest BCUT2D eigenvalue weighted by Gasteiger charge is -2.31. The molecule has 0 N–H and O–H groups in total. The molecule has 8 heteroatoms. The van der Waals surface area contributed by atoms with E-state index >= 15 is 0 Å². The largest absolute Gasteiger partial charge is 0.536 e. The highest BCUT2D eigenvalue weighted by Crippen LogP contribution is 2.11. The van der Waals surface area contributed by atoms with Gasteiger partial charge in [-0.3, -0.25) is 0 Å². The molecule has 114 valence electrons. The van der Waals surface area contributed by atoms with Crippen molar-refractivity contribution in [3.05, 3.63) is 24.3 Å². The molecule has 0 aliphatic heterocycles. The smallest absolute Gasteiger partial charge is 0.373 e. The average Bonchev–Trinajstić information content (AvgIpc) is 2.53. The van der Waals surface area contributed by atoms with Crippen LogP contribution in [0.4, 0.5) is 0 Å². The summed E-state index contributed by atoms with van der Waals surface area (Å²) in [5.41, 5.74) is 0. The molecule has 0 unspecified atom stereocenters. The molecule has 1 aromatic rings. The monoisotopic (exact) mass is 318 g/mol. The van der Waals surface area contributed by atoms with Gasteiger partial charge in [-0.25, -0.2) is 0 Å². The van der Waals surface area contributed by atoms with Crippen LogP contribution in [0.3, 0.4) is 0 Å². The Balaban J connectivity index is 3.51. The predicted molar refractivity (Wildman–Crippen MR) is 79.3 cm³/mol. The lowest BCUT2D eigenvalue weighted by Crippen LogP contribution is -2.68. The number of benzene rings is 1. The van der Waals surface area contributed by atoms with Crippen molar-refractivity contribution in [3.8, 4) is 0 Å². The van der Waals surface area contributed by atoms with Gasteiger partial charge in [0.1, 0.15) is 0 Å². The predicted octanol–water partition coefficient (Wildman–Crippen LogP) is -0.143. The summed E-state index contributed by atoms with van der Waals surface area (Å²) in [6, 6.07) is 7.54. The van der Waals surface area contributed by atoms with Crippen molar-refractivity contribution in [2.45, 2.75) is 0 Å². The maximum Gasteiger partial charge on any atom is 0.536 e. The van der Waals surface area contributed by atoms with Crippen molar-refractivity contribution in [1.82, 2.24) is 0 Å². The van der Waals surface area contributed by atoms with Gasteiger partial charge in [0.15, 0.2) is 0 Å². The first-order chi connectivity index (χ1) is 9.59. The minimum Gasteiger partial charge on any atom is -0.373 e. The Morgan fingerprint density at radius 2 is 0.800 bits per heavy atom. The SMILES string of the molecule is CO[Si](OC)(OC)c1ccccc1[Si](OC)(OC)OC. The highest BCUT2D eigenvalue weighted by molar-refractivity contribution is 6.86. The molecular formula is C12H22O6Si2. The van der Waals surface area contributed by atoms with Crippen LogP contribution < -0.4 is 10.4 Å². The first kappa shape index (κ1) is 17.5. The molecule has 0 aliphatic rings. The van der Waals surface area contributed by atoms with Crippen LogP contribution in [0, 0.1) is 0 Å². The van der Waals surface area contributed by atoms with Gasteiger partial charge in [-0.1, -0.05) is 24.3 Å². The zero-order valence-corrected chi connectivity index (χ0v) is 14.8. The van der Waals surface area contributed by atoms with Gasteiger partial charge >= 0.3 is 17.6 Å². The third-order valence-corrected chi connectivity index (χ3v) is 8.87. The highest BCUT2D eigenvalue weighted by Gasteiger charge is 2.51. The molecule has 0 saturated heterocycles. The summed E-state index contributed by atoms with van der Waals surface area (Å²) < 4.78 is 33.2. The summed E-state index contributed by atoms with van der Waals surface area (Å²) in [6.45, 7) is 0. The molecule has 0 atom stereocenters. The Morgan fingerprint density at radius 1 is 0.550 bits per heavy atom. The van der Waals surface area contributed by atoms with Crippen LogP contribution in [0.1, 0.15) is 0 Å². The summed E-state index contributed by atoms with van der Waals surface area (Å²) in [5.74, 6) is 0. The summed E-state index contributed by atoms with van der Waals surface area (Å²) in [6.07, 6.45) is 0. The van der Waals surface area contributed by atoms with E-state index in [2.05, 4.69) is 0 Å². The van der Waals surface area contributed by atoms with Gasteiger partial charge in [0.2, 0.25) is 0 Å². The van der Waals surface area contributed by atoms with Crippen LogP contribution in [-0.4, -0.2) is 60.3 Å². The third-order valence-electron chi connectivity index (χ3n) is 3.20. The van der Waals surface area contributed by atoms with Crippen molar-refractivity contribution in [1.29, 1.82) is 0 Å². The van der Waals surface area contributed by atoms with Gasteiger partial charge in [0.05, 0.1) is 0 Å². The molecule has 20 heavy (non-hydrogen) atoms. The Hall–Kier alpha value is -0.586. The quantitative estimate of drug-likeness (QED) is 0.622. The van der Waals surface area contributed by atoms with Crippen LogP contribution in [0.2, 0.25) is 0 Å². The average molecular weight is 318 g/mol. The first-order valence-corrected chi connectivity index (χ1v) is 9.45. The number of hydrogen-bond acceptors (Lipinski definition) is 6. The Labute approximate surface area is 122 Å². The van der Waals surface area contributed by atoms with Crippen molar-refractivity contribution in [2.24, 2.45) is 0 Å². The Kier molecular flexibility index (Phi) is 6.49. The van der Waals surface area contributed by atoms with Crippen molar-refractivity contribution in [2.75, 3.05) is 42.7 Å². The fourth-order valence-electron chi connectivity index (χ4n) is 2.18. The molecule has 0 aliphatic carbocycles. The molecule has 0 aromatic heterocycles. The number of hydrogen-bond donors (Lipinski definition) is 0. The van der Waals surface area contributed by atoms with E-state index in [9.17, 15) is 0 Å². The maximum absolute atomic E-state index is 5.54. The zero-order valence-electron chi connectivity index (χ0n) is 12.8. The lowest BCUT2D eigenvalue weighted by atomic mass is 10.4. The summed E-state index contributed by atoms with van der Waals surface area (Å²) in [5, 5.41) is 1.56. The molecule has 0 fully saturated rings. The Bertz CT molecular complexity index is 365. The fourth-order valence-corrected chi connectivity index (χ4v) is 6.84. The topological polar surface area (TPSA) is 55.4 Å². The number of rotatable bonds is 8.